The number of amides is 1. The maximum Gasteiger partial charge on any atom is 0.350 e. The molecule has 1 saturated heterocycles. The van der Waals surface area contributed by atoms with Gasteiger partial charge in [0.1, 0.15) is 8.58 Å². The van der Waals surface area contributed by atoms with E-state index in [-0.39, 0.29) is 24.0 Å². The molecule has 2 aromatic rings. The molecule has 164 valence electrons. The number of carbonyl (C=O) groups excluding carboxylic acids is 2. The van der Waals surface area contributed by atoms with Gasteiger partial charge in [0, 0.05) is 25.9 Å². The van der Waals surface area contributed by atoms with Crippen LogP contribution in [0.15, 0.2) is 0 Å². The standard InChI is InChI=1S/C19H26IN5O4S/c1-5-11-15(20)24-16(22-11)17(26)23-12-7-8-25(9-13(12)28-4)19-21-10(3)14(30-19)18(27)29-6-2/h12-13H,5-9H2,1-4H3,(H,22,24)(H,23,26)/t12-,13+/m1/s1. The van der Waals surface area contributed by atoms with Gasteiger partial charge in [-0.05, 0) is 49.3 Å². The van der Waals surface area contributed by atoms with E-state index in [4.69, 9.17) is 9.47 Å². The Morgan fingerprint density at radius 2 is 2.13 bits per heavy atom. The first-order valence-electron chi connectivity index (χ1n) is 9.85. The van der Waals surface area contributed by atoms with Crippen molar-refractivity contribution in [1.82, 2.24) is 20.3 Å². The molecule has 0 spiro atoms. The van der Waals surface area contributed by atoms with Crippen LogP contribution in [0.2, 0.25) is 0 Å². The number of ether oxygens (including phenoxy) is 2. The van der Waals surface area contributed by atoms with E-state index in [9.17, 15) is 9.59 Å². The fourth-order valence-corrected chi connectivity index (χ4v) is 5.12. The van der Waals surface area contributed by atoms with Crippen LogP contribution in [0.25, 0.3) is 0 Å². The molecular weight excluding hydrogens is 521 g/mol. The Bertz CT molecular complexity index is 915. The molecule has 0 aliphatic carbocycles. The van der Waals surface area contributed by atoms with Gasteiger partial charge in [-0.1, -0.05) is 18.3 Å². The Kier molecular flexibility index (Phi) is 7.69. The number of hydrogen-bond donors (Lipinski definition) is 2. The van der Waals surface area contributed by atoms with Crippen LogP contribution in [0.5, 0.6) is 0 Å². The zero-order valence-electron chi connectivity index (χ0n) is 17.5. The summed E-state index contributed by atoms with van der Waals surface area (Å²) in [5.74, 6) is -0.255. The number of hydrogen-bond acceptors (Lipinski definition) is 8. The van der Waals surface area contributed by atoms with Crippen molar-refractivity contribution in [3.05, 3.63) is 25.8 Å². The van der Waals surface area contributed by atoms with Crippen LogP contribution in [-0.4, -0.2) is 65.8 Å². The summed E-state index contributed by atoms with van der Waals surface area (Å²) in [7, 11) is 1.63. The summed E-state index contributed by atoms with van der Waals surface area (Å²) in [5, 5.41) is 3.81. The number of nitrogens with one attached hydrogen (secondary N) is 2. The highest BCUT2D eigenvalue weighted by Crippen LogP contribution is 2.29. The van der Waals surface area contributed by atoms with Crippen molar-refractivity contribution in [2.75, 3.05) is 31.7 Å². The second-order valence-electron chi connectivity index (χ2n) is 6.93. The van der Waals surface area contributed by atoms with Gasteiger partial charge in [0.25, 0.3) is 5.91 Å². The summed E-state index contributed by atoms with van der Waals surface area (Å²) >= 11 is 3.45. The number of thiazole rings is 1. The highest BCUT2D eigenvalue weighted by atomic mass is 127. The molecule has 2 atom stereocenters. The molecule has 0 aromatic carbocycles. The van der Waals surface area contributed by atoms with Crippen molar-refractivity contribution in [2.24, 2.45) is 0 Å². The van der Waals surface area contributed by atoms with Gasteiger partial charge < -0.3 is 24.7 Å². The van der Waals surface area contributed by atoms with Crippen molar-refractivity contribution in [3.63, 3.8) is 0 Å². The van der Waals surface area contributed by atoms with E-state index >= 15 is 0 Å². The number of piperidine rings is 1. The normalized spacial score (nSPS) is 19.0. The van der Waals surface area contributed by atoms with E-state index < -0.39 is 0 Å². The van der Waals surface area contributed by atoms with E-state index in [1.807, 2.05) is 13.8 Å². The van der Waals surface area contributed by atoms with Gasteiger partial charge in [-0.25, -0.2) is 14.8 Å². The molecule has 2 N–H and O–H groups in total. The second-order valence-corrected chi connectivity index (χ2v) is 8.93. The molecule has 1 amide bonds. The molecule has 3 rings (SSSR count). The van der Waals surface area contributed by atoms with Gasteiger partial charge in [0.15, 0.2) is 11.0 Å². The molecule has 2 aromatic heterocycles. The van der Waals surface area contributed by atoms with Gasteiger partial charge in [-0.2, -0.15) is 0 Å². The number of aromatic nitrogens is 3. The van der Waals surface area contributed by atoms with Gasteiger partial charge in [0.05, 0.1) is 24.4 Å². The SMILES string of the molecule is CCOC(=O)c1sc(N2CC[C@@H](NC(=O)c3nc(I)c(CC)[nH]3)[C@@H](OC)C2)nc1C. The van der Waals surface area contributed by atoms with E-state index in [1.165, 1.54) is 11.3 Å². The van der Waals surface area contributed by atoms with Crippen LogP contribution in [0.4, 0.5) is 5.13 Å². The first-order chi connectivity index (χ1) is 14.4. The first kappa shape index (κ1) is 22.9. The molecular formula is C19H26IN5O4S. The largest absolute Gasteiger partial charge is 0.462 e. The summed E-state index contributed by atoms with van der Waals surface area (Å²) in [6, 6.07) is -0.142. The average molecular weight is 547 g/mol. The molecule has 3 heterocycles. The van der Waals surface area contributed by atoms with Crippen molar-refractivity contribution >= 4 is 50.9 Å². The zero-order chi connectivity index (χ0) is 21.8. The average Bonchev–Trinajstić information content (AvgIpc) is 3.31. The number of H-pyrrole nitrogens is 1. The lowest BCUT2D eigenvalue weighted by Gasteiger charge is -2.37. The van der Waals surface area contributed by atoms with Crippen molar-refractivity contribution in [1.29, 1.82) is 0 Å². The lowest BCUT2D eigenvalue weighted by molar-refractivity contribution is 0.0530. The lowest BCUT2D eigenvalue weighted by atomic mass is 10.0. The van der Waals surface area contributed by atoms with Gasteiger partial charge in [0.2, 0.25) is 0 Å². The number of rotatable bonds is 7. The molecule has 1 aliphatic heterocycles. The maximum atomic E-state index is 12.7. The molecule has 9 nitrogen and oxygen atoms in total. The summed E-state index contributed by atoms with van der Waals surface area (Å²) in [6.07, 6.45) is 1.27. The molecule has 30 heavy (non-hydrogen) atoms. The second kappa shape index (κ2) is 10.1. The fraction of sp³-hybridized carbons (Fsp3) is 0.579. The highest BCUT2D eigenvalue weighted by molar-refractivity contribution is 14.1. The van der Waals surface area contributed by atoms with E-state index in [0.717, 1.165) is 20.9 Å². The molecule has 0 bridgehead atoms. The van der Waals surface area contributed by atoms with Crippen LogP contribution in [-0.2, 0) is 15.9 Å². The molecule has 11 heteroatoms. The van der Waals surface area contributed by atoms with Crippen LogP contribution in [0.3, 0.4) is 0 Å². The fourth-order valence-electron chi connectivity index (χ4n) is 3.36. The summed E-state index contributed by atoms with van der Waals surface area (Å²) < 4.78 is 11.6. The van der Waals surface area contributed by atoms with Crippen LogP contribution in [0, 0.1) is 10.6 Å². The monoisotopic (exact) mass is 547 g/mol. The minimum absolute atomic E-state index is 0.142. The number of aryl methyl sites for hydroxylation is 2. The van der Waals surface area contributed by atoms with Crippen molar-refractivity contribution < 1.29 is 19.1 Å². The number of aromatic amines is 1. The van der Waals surface area contributed by atoms with Gasteiger partial charge in [-0.15, -0.1) is 0 Å². The third-order valence-corrected chi connectivity index (χ3v) is 7.08. The van der Waals surface area contributed by atoms with E-state index in [0.29, 0.717) is 42.5 Å². The Morgan fingerprint density at radius 3 is 2.77 bits per heavy atom. The molecule has 0 radical (unpaired) electrons. The number of imidazole rings is 1. The number of nitrogens with zero attached hydrogens (tertiary/aromatic N) is 3. The number of methoxy groups -OCH3 is 1. The van der Waals surface area contributed by atoms with Crippen LogP contribution >= 0.6 is 33.9 Å². The van der Waals surface area contributed by atoms with Gasteiger partial charge >= 0.3 is 5.97 Å². The number of carbonyl (C=O) groups is 2. The highest BCUT2D eigenvalue weighted by Gasteiger charge is 2.33. The van der Waals surface area contributed by atoms with Crippen LogP contribution < -0.4 is 10.2 Å². The van der Waals surface area contributed by atoms with E-state index in [2.05, 4.69) is 47.8 Å². The van der Waals surface area contributed by atoms with Crippen molar-refractivity contribution in [3.8, 4) is 0 Å². The summed E-state index contributed by atoms with van der Waals surface area (Å²) in [5.41, 5.74) is 1.62. The molecule has 1 aliphatic rings. The molecule has 1 fully saturated rings. The zero-order valence-corrected chi connectivity index (χ0v) is 20.4. The van der Waals surface area contributed by atoms with Gasteiger partial charge in [-0.3, -0.25) is 4.79 Å². The number of esters is 1. The Morgan fingerprint density at radius 1 is 1.37 bits per heavy atom. The predicted molar refractivity (Wildman–Crippen MR) is 122 cm³/mol. The van der Waals surface area contributed by atoms with E-state index in [1.54, 1.807) is 14.0 Å². The minimum Gasteiger partial charge on any atom is -0.462 e. The third kappa shape index (κ3) is 4.94. The quantitative estimate of drug-likeness (QED) is 0.405. The predicted octanol–water partition coefficient (Wildman–Crippen LogP) is 2.54. The Balaban J connectivity index is 1.67. The van der Waals surface area contributed by atoms with Crippen molar-refractivity contribution in [2.45, 2.75) is 45.8 Å². The lowest BCUT2D eigenvalue weighted by Crippen LogP contribution is -2.55. The third-order valence-electron chi connectivity index (χ3n) is 4.99. The Hall–Kier alpha value is -1.73. The number of anilines is 1. The summed E-state index contributed by atoms with van der Waals surface area (Å²) in [6.45, 7) is 7.19. The first-order valence-corrected chi connectivity index (χ1v) is 11.7. The molecule has 0 saturated carbocycles. The Labute approximate surface area is 193 Å². The maximum absolute atomic E-state index is 12.7. The number of halogens is 1. The minimum atomic E-state index is -0.344. The molecule has 0 unspecified atom stereocenters. The summed E-state index contributed by atoms with van der Waals surface area (Å²) in [4.78, 5) is 39.3. The topological polar surface area (TPSA) is 109 Å². The van der Waals surface area contributed by atoms with Crippen LogP contribution in [0.1, 0.15) is 51.9 Å². The smallest absolute Gasteiger partial charge is 0.350 e.